The van der Waals surface area contributed by atoms with E-state index in [2.05, 4.69) is 4.74 Å². The van der Waals surface area contributed by atoms with Gasteiger partial charge in [-0.1, -0.05) is 18.2 Å². The second-order valence-corrected chi connectivity index (χ2v) is 3.30. The Hall–Kier alpha value is -1.84. The summed E-state index contributed by atoms with van der Waals surface area (Å²) in [4.78, 5) is 11.2. The van der Waals surface area contributed by atoms with Crippen LogP contribution in [0.4, 0.5) is 4.39 Å². The van der Waals surface area contributed by atoms with Gasteiger partial charge in [0.15, 0.2) is 0 Å². The van der Waals surface area contributed by atoms with Gasteiger partial charge in [0, 0.05) is 10.9 Å². The van der Waals surface area contributed by atoms with E-state index >= 15 is 0 Å². The van der Waals surface area contributed by atoms with Gasteiger partial charge in [-0.15, -0.1) is 0 Å². The van der Waals surface area contributed by atoms with Crippen molar-refractivity contribution in [3.8, 4) is 0 Å². The Balaban J connectivity index is 2.36. The third-order valence-electron chi connectivity index (χ3n) is 2.28. The second kappa shape index (κ2) is 4.35. The number of esters is 1. The lowest BCUT2D eigenvalue weighted by Gasteiger charge is -2.05. The van der Waals surface area contributed by atoms with Crippen LogP contribution in [0.5, 0.6) is 0 Å². The lowest BCUT2D eigenvalue weighted by molar-refractivity contribution is -0.149. The van der Waals surface area contributed by atoms with E-state index in [1.807, 2.05) is 0 Å². The zero-order valence-corrected chi connectivity index (χ0v) is 8.77. The molecule has 0 spiro atoms. The number of para-hydroxylation sites is 1. The summed E-state index contributed by atoms with van der Waals surface area (Å²) in [6.45, 7) is 1.80. The number of rotatable bonds is 3. The molecule has 1 unspecified atom stereocenters. The molecule has 0 saturated carbocycles. The molecule has 1 aromatic heterocycles. The van der Waals surface area contributed by atoms with E-state index in [0.717, 1.165) is 0 Å². The van der Waals surface area contributed by atoms with Crippen LogP contribution >= 0.6 is 0 Å². The topological polar surface area (TPSA) is 39.4 Å². The molecule has 0 radical (unpaired) electrons. The molecule has 4 heteroatoms. The number of fused-ring (bicyclic) bond motifs is 1. The lowest BCUT2D eigenvalue weighted by atomic mass is 10.1. The molecule has 1 atom stereocenters. The number of hydrogen-bond acceptors (Lipinski definition) is 3. The van der Waals surface area contributed by atoms with Gasteiger partial charge in [-0.3, -0.25) is 0 Å². The Morgan fingerprint density at radius 2 is 2.25 bits per heavy atom. The summed E-state index contributed by atoms with van der Waals surface area (Å²) in [5.41, 5.74) is 0.776. The second-order valence-electron chi connectivity index (χ2n) is 3.30. The van der Waals surface area contributed by atoms with Crippen molar-refractivity contribution >= 4 is 16.9 Å². The molecular weight excluding hydrogens is 211 g/mol. The fourth-order valence-electron chi connectivity index (χ4n) is 1.54. The molecule has 16 heavy (non-hydrogen) atoms. The van der Waals surface area contributed by atoms with Crippen LogP contribution in [-0.4, -0.2) is 12.6 Å². The molecule has 3 nitrogen and oxygen atoms in total. The average Bonchev–Trinajstić information content (AvgIpc) is 2.72. The third kappa shape index (κ3) is 1.78. The van der Waals surface area contributed by atoms with Gasteiger partial charge in [-0.05, 0) is 13.0 Å². The van der Waals surface area contributed by atoms with Crippen molar-refractivity contribution in [3.05, 3.63) is 36.1 Å². The van der Waals surface area contributed by atoms with Gasteiger partial charge in [0.05, 0.1) is 12.9 Å². The smallest absolute Gasteiger partial charge is 0.345 e. The molecule has 0 aliphatic rings. The van der Waals surface area contributed by atoms with Crippen LogP contribution in [0, 0.1) is 0 Å². The van der Waals surface area contributed by atoms with Crippen LogP contribution in [0.1, 0.15) is 18.7 Å². The monoisotopic (exact) mass is 222 g/mol. The number of ether oxygens (including phenoxy) is 1. The zero-order valence-electron chi connectivity index (χ0n) is 8.77. The van der Waals surface area contributed by atoms with Gasteiger partial charge >= 0.3 is 5.97 Å². The van der Waals surface area contributed by atoms with E-state index in [1.54, 1.807) is 31.2 Å². The molecule has 2 aromatic rings. The van der Waals surface area contributed by atoms with Gasteiger partial charge in [0.1, 0.15) is 5.58 Å². The molecule has 0 N–H and O–H groups in total. The van der Waals surface area contributed by atoms with Crippen molar-refractivity contribution < 1.29 is 18.3 Å². The van der Waals surface area contributed by atoms with Gasteiger partial charge in [-0.2, -0.15) is 0 Å². The van der Waals surface area contributed by atoms with Crippen molar-refractivity contribution in [2.24, 2.45) is 0 Å². The summed E-state index contributed by atoms with van der Waals surface area (Å²) in [6.07, 6.45) is -0.532. The largest absolute Gasteiger partial charge is 0.464 e. The molecule has 1 aromatic carbocycles. The molecule has 0 fully saturated rings. The van der Waals surface area contributed by atoms with Gasteiger partial charge in [0.2, 0.25) is 6.17 Å². The Morgan fingerprint density at radius 3 is 3.00 bits per heavy atom. The first kappa shape index (κ1) is 10.7. The number of carbonyl (C=O) groups is 1. The predicted molar refractivity (Wildman–Crippen MR) is 56.7 cm³/mol. The highest BCUT2D eigenvalue weighted by atomic mass is 19.1. The average molecular weight is 222 g/mol. The summed E-state index contributed by atoms with van der Waals surface area (Å²) < 4.78 is 23.5. The van der Waals surface area contributed by atoms with Crippen molar-refractivity contribution in [2.45, 2.75) is 13.1 Å². The van der Waals surface area contributed by atoms with Crippen LogP contribution in [0.2, 0.25) is 0 Å². The minimum absolute atomic E-state index is 0.162. The Bertz CT molecular complexity index is 504. The predicted octanol–water partition coefficient (Wildman–Crippen LogP) is 3.01. The van der Waals surface area contributed by atoms with Crippen molar-refractivity contribution in [3.63, 3.8) is 0 Å². The summed E-state index contributed by atoms with van der Waals surface area (Å²) in [6, 6.07) is 6.98. The van der Waals surface area contributed by atoms with E-state index in [-0.39, 0.29) is 12.2 Å². The molecule has 1 heterocycles. The highest BCUT2D eigenvalue weighted by Gasteiger charge is 2.24. The van der Waals surface area contributed by atoms with Gasteiger partial charge < -0.3 is 9.15 Å². The fraction of sp³-hybridized carbons (Fsp3) is 0.250. The maximum absolute atomic E-state index is 13.7. The van der Waals surface area contributed by atoms with Gasteiger partial charge in [0.25, 0.3) is 0 Å². The van der Waals surface area contributed by atoms with Crippen molar-refractivity contribution in [1.29, 1.82) is 0 Å². The maximum Gasteiger partial charge on any atom is 0.345 e. The van der Waals surface area contributed by atoms with Gasteiger partial charge in [-0.25, -0.2) is 9.18 Å². The van der Waals surface area contributed by atoms with E-state index in [9.17, 15) is 9.18 Å². The van der Waals surface area contributed by atoms with Crippen LogP contribution in [0.3, 0.4) is 0 Å². The normalized spacial score (nSPS) is 12.6. The van der Waals surface area contributed by atoms with Crippen molar-refractivity contribution in [2.75, 3.05) is 6.61 Å². The molecule has 0 bridgehead atoms. The Morgan fingerprint density at radius 1 is 1.50 bits per heavy atom. The highest BCUT2D eigenvalue weighted by molar-refractivity contribution is 5.87. The molecule has 0 aliphatic heterocycles. The molecule has 0 saturated heterocycles. The first-order valence-corrected chi connectivity index (χ1v) is 5.01. The quantitative estimate of drug-likeness (QED) is 0.749. The Kier molecular flexibility index (Phi) is 2.90. The van der Waals surface area contributed by atoms with E-state index in [4.69, 9.17) is 4.42 Å². The molecule has 2 rings (SSSR count). The standard InChI is InChI=1S/C12H11FO3/c1-2-15-12(14)11(13)9-7-16-10-6-4-3-5-8(9)10/h3-7,11H,2H2,1H3. The van der Waals surface area contributed by atoms with Crippen molar-refractivity contribution in [1.82, 2.24) is 0 Å². The maximum atomic E-state index is 13.7. The number of halogens is 1. The number of carbonyl (C=O) groups excluding carboxylic acids is 1. The molecule has 0 aliphatic carbocycles. The van der Waals surface area contributed by atoms with Crippen LogP contribution < -0.4 is 0 Å². The van der Waals surface area contributed by atoms with E-state index < -0.39 is 12.1 Å². The summed E-state index contributed by atoms with van der Waals surface area (Å²) in [5, 5.41) is 0.600. The number of hydrogen-bond donors (Lipinski definition) is 0. The molecule has 0 amide bonds. The Labute approximate surface area is 91.8 Å². The lowest BCUT2D eigenvalue weighted by Crippen LogP contribution is -2.11. The van der Waals surface area contributed by atoms with Crippen LogP contribution in [0.25, 0.3) is 11.0 Å². The number of furan rings is 1. The SMILES string of the molecule is CCOC(=O)C(F)c1coc2ccccc12. The van der Waals surface area contributed by atoms with E-state index in [0.29, 0.717) is 11.0 Å². The fourth-order valence-corrected chi connectivity index (χ4v) is 1.54. The highest BCUT2D eigenvalue weighted by Crippen LogP contribution is 2.29. The molecular formula is C12H11FO3. The van der Waals surface area contributed by atoms with Crippen LogP contribution in [-0.2, 0) is 9.53 Å². The molecule has 84 valence electrons. The number of alkyl halides is 1. The minimum atomic E-state index is -1.79. The van der Waals surface area contributed by atoms with E-state index in [1.165, 1.54) is 6.26 Å². The minimum Gasteiger partial charge on any atom is -0.464 e. The summed E-state index contributed by atoms with van der Waals surface area (Å²) >= 11 is 0. The summed E-state index contributed by atoms with van der Waals surface area (Å²) in [5.74, 6) is -0.881. The first-order chi connectivity index (χ1) is 7.74. The first-order valence-electron chi connectivity index (χ1n) is 5.01. The summed E-state index contributed by atoms with van der Waals surface area (Å²) in [7, 11) is 0. The zero-order chi connectivity index (χ0) is 11.5. The third-order valence-corrected chi connectivity index (χ3v) is 2.28. The van der Waals surface area contributed by atoms with Crippen LogP contribution in [0.15, 0.2) is 34.9 Å². The number of benzene rings is 1.